The lowest BCUT2D eigenvalue weighted by molar-refractivity contribution is 0.202. The molecule has 0 aromatic carbocycles. The fraction of sp³-hybridized carbons (Fsp3) is 1.00. The number of halogens is 1. The molecule has 0 unspecified atom stereocenters. The van der Waals surface area contributed by atoms with E-state index in [1.54, 1.807) is 0 Å². The molecule has 0 saturated heterocycles. The largest absolute Gasteiger partial charge is 0.301 e. The van der Waals surface area contributed by atoms with Gasteiger partial charge in [-0.2, -0.15) is 0 Å². The van der Waals surface area contributed by atoms with Crippen LogP contribution in [0.5, 0.6) is 0 Å². The molecule has 1 rings (SSSR count). The standard InChI is InChI=1S/C6H11IOS2/c7-5-3-1-2-4-6(5)8-10-9/h5-6,9H,1-4H2/t5-,6-/m1/s1. The number of hydrogen-bond acceptors (Lipinski definition) is 3. The van der Waals surface area contributed by atoms with Crippen molar-refractivity contribution in [3.05, 3.63) is 0 Å². The average Bonchev–Trinajstić information content (AvgIpc) is 1.94. The lowest BCUT2D eigenvalue weighted by Gasteiger charge is -2.25. The summed E-state index contributed by atoms with van der Waals surface area (Å²) in [6.07, 6.45) is 5.64. The molecule has 10 heavy (non-hydrogen) atoms. The molecule has 0 aliphatic heterocycles. The van der Waals surface area contributed by atoms with E-state index in [-0.39, 0.29) is 0 Å². The van der Waals surface area contributed by atoms with Crippen molar-refractivity contribution in [3.63, 3.8) is 0 Å². The van der Waals surface area contributed by atoms with Crippen molar-refractivity contribution in [1.82, 2.24) is 0 Å². The van der Waals surface area contributed by atoms with Crippen molar-refractivity contribution < 1.29 is 4.18 Å². The van der Waals surface area contributed by atoms with Gasteiger partial charge < -0.3 is 4.18 Å². The predicted octanol–water partition coefficient (Wildman–Crippen LogP) is 3.24. The Morgan fingerprint density at radius 1 is 1.40 bits per heavy atom. The van der Waals surface area contributed by atoms with E-state index >= 15 is 0 Å². The molecule has 60 valence electrons. The molecule has 1 aliphatic carbocycles. The van der Waals surface area contributed by atoms with Crippen molar-refractivity contribution in [2.24, 2.45) is 0 Å². The van der Waals surface area contributed by atoms with E-state index in [0.29, 0.717) is 10.0 Å². The third-order valence-electron chi connectivity index (χ3n) is 1.79. The molecule has 1 aliphatic rings. The number of rotatable bonds is 2. The SMILES string of the molecule is SSO[C@@H]1CCCC[C@H]1I. The third-order valence-corrected chi connectivity index (χ3v) is 3.80. The molecule has 0 radical (unpaired) electrons. The van der Waals surface area contributed by atoms with E-state index in [2.05, 4.69) is 34.3 Å². The van der Waals surface area contributed by atoms with Crippen molar-refractivity contribution >= 4 is 45.3 Å². The first kappa shape index (κ1) is 9.48. The van der Waals surface area contributed by atoms with Crippen molar-refractivity contribution in [1.29, 1.82) is 0 Å². The van der Waals surface area contributed by atoms with Gasteiger partial charge in [0.05, 0.1) is 17.2 Å². The van der Waals surface area contributed by atoms with E-state index in [9.17, 15) is 0 Å². The molecule has 0 spiro atoms. The quantitative estimate of drug-likeness (QED) is 0.275. The van der Waals surface area contributed by atoms with Crippen molar-refractivity contribution in [2.75, 3.05) is 0 Å². The minimum atomic E-state index is 0.442. The van der Waals surface area contributed by atoms with Crippen LogP contribution in [0.2, 0.25) is 0 Å². The summed E-state index contributed by atoms with van der Waals surface area (Å²) in [5, 5.41) is 0. The minimum Gasteiger partial charge on any atom is -0.301 e. The highest BCUT2D eigenvalue weighted by Crippen LogP contribution is 2.30. The second kappa shape index (κ2) is 5.11. The zero-order valence-corrected chi connectivity index (χ0v) is 9.49. The Kier molecular flexibility index (Phi) is 4.84. The minimum absolute atomic E-state index is 0.442. The van der Waals surface area contributed by atoms with Crippen molar-refractivity contribution in [2.45, 2.75) is 35.7 Å². The average molecular weight is 290 g/mol. The molecule has 0 amide bonds. The molecule has 0 N–H and O–H groups in total. The molecular weight excluding hydrogens is 279 g/mol. The fourth-order valence-corrected chi connectivity index (χ4v) is 3.03. The first-order valence-electron chi connectivity index (χ1n) is 3.45. The first-order valence-corrected chi connectivity index (χ1v) is 6.49. The Hall–Kier alpha value is 1.39. The summed E-state index contributed by atoms with van der Waals surface area (Å²) >= 11 is 7.63. The highest BCUT2D eigenvalue weighted by molar-refractivity contribution is 14.1. The Bertz CT molecular complexity index is 99.7. The Morgan fingerprint density at radius 3 is 2.70 bits per heavy atom. The van der Waals surface area contributed by atoms with Crippen LogP contribution in [0.1, 0.15) is 25.7 Å². The second-order valence-corrected chi connectivity index (χ2v) is 4.90. The summed E-state index contributed by atoms with van der Waals surface area (Å²) in [6, 6.07) is 0. The Labute approximate surface area is 84.8 Å². The number of thiol groups is 1. The van der Waals surface area contributed by atoms with Gasteiger partial charge in [-0.1, -0.05) is 47.1 Å². The van der Waals surface area contributed by atoms with E-state index < -0.39 is 0 Å². The van der Waals surface area contributed by atoms with Gasteiger partial charge in [0.25, 0.3) is 0 Å². The summed E-state index contributed by atoms with van der Waals surface area (Å²) in [5.41, 5.74) is 0. The van der Waals surface area contributed by atoms with E-state index in [0.717, 1.165) is 0 Å². The lowest BCUT2D eigenvalue weighted by Crippen LogP contribution is -2.25. The number of alkyl halides is 1. The van der Waals surface area contributed by atoms with Gasteiger partial charge in [0.2, 0.25) is 0 Å². The van der Waals surface area contributed by atoms with Gasteiger partial charge in [-0.3, -0.25) is 0 Å². The molecular formula is C6H11IOS2. The summed E-state index contributed by atoms with van der Waals surface area (Å²) in [5.74, 6) is 0. The van der Waals surface area contributed by atoms with E-state index in [4.69, 9.17) is 4.18 Å². The molecule has 0 aromatic heterocycles. The fourth-order valence-electron chi connectivity index (χ4n) is 1.22. The molecule has 1 nitrogen and oxygen atoms in total. The van der Waals surface area contributed by atoms with Gasteiger partial charge in [-0.05, 0) is 12.8 Å². The smallest absolute Gasteiger partial charge is 0.0849 e. The maximum atomic E-state index is 5.37. The summed E-state index contributed by atoms with van der Waals surface area (Å²) in [7, 11) is 0. The molecule has 0 heterocycles. The van der Waals surface area contributed by atoms with Gasteiger partial charge in [0.1, 0.15) is 0 Å². The summed E-state index contributed by atoms with van der Waals surface area (Å²) in [4.78, 5) is 0. The van der Waals surface area contributed by atoms with Crippen LogP contribution in [-0.2, 0) is 4.18 Å². The van der Waals surface area contributed by atoms with Crippen molar-refractivity contribution in [3.8, 4) is 0 Å². The first-order chi connectivity index (χ1) is 4.84. The van der Waals surface area contributed by atoms with Crippen LogP contribution in [0.3, 0.4) is 0 Å². The van der Waals surface area contributed by atoms with Crippen LogP contribution in [0.25, 0.3) is 0 Å². The molecule has 2 atom stereocenters. The molecule has 1 saturated carbocycles. The Balaban J connectivity index is 2.25. The van der Waals surface area contributed by atoms with Crippen LogP contribution in [-0.4, -0.2) is 10.0 Å². The highest BCUT2D eigenvalue weighted by atomic mass is 127. The normalized spacial score (nSPS) is 34.2. The monoisotopic (exact) mass is 290 g/mol. The topological polar surface area (TPSA) is 9.23 Å². The summed E-state index contributed by atoms with van der Waals surface area (Å²) < 4.78 is 6.07. The molecule has 1 fully saturated rings. The Morgan fingerprint density at radius 2 is 2.10 bits per heavy atom. The highest BCUT2D eigenvalue weighted by Gasteiger charge is 2.23. The van der Waals surface area contributed by atoms with Crippen LogP contribution in [0.15, 0.2) is 0 Å². The van der Waals surface area contributed by atoms with E-state index in [1.807, 2.05) is 0 Å². The zero-order chi connectivity index (χ0) is 7.40. The molecule has 0 aromatic rings. The van der Waals surface area contributed by atoms with Crippen LogP contribution >= 0.6 is 45.3 Å². The lowest BCUT2D eigenvalue weighted by atomic mass is 9.98. The number of hydrogen-bond donors (Lipinski definition) is 1. The molecule has 4 heteroatoms. The van der Waals surface area contributed by atoms with Gasteiger partial charge in [-0.15, -0.1) is 0 Å². The van der Waals surface area contributed by atoms with E-state index in [1.165, 1.54) is 36.8 Å². The second-order valence-electron chi connectivity index (χ2n) is 2.51. The van der Waals surface area contributed by atoms with Crippen LogP contribution in [0, 0.1) is 0 Å². The maximum absolute atomic E-state index is 5.37. The van der Waals surface area contributed by atoms with Crippen LogP contribution < -0.4 is 0 Å². The zero-order valence-electron chi connectivity index (χ0n) is 5.62. The van der Waals surface area contributed by atoms with Gasteiger partial charge >= 0.3 is 0 Å². The third kappa shape index (κ3) is 2.79. The van der Waals surface area contributed by atoms with Gasteiger partial charge in [-0.25, -0.2) is 0 Å². The predicted molar refractivity (Wildman–Crippen MR) is 57.7 cm³/mol. The molecule has 0 bridgehead atoms. The summed E-state index contributed by atoms with van der Waals surface area (Å²) in [6.45, 7) is 0. The van der Waals surface area contributed by atoms with Gasteiger partial charge in [0, 0.05) is 3.92 Å². The van der Waals surface area contributed by atoms with Gasteiger partial charge in [0.15, 0.2) is 0 Å². The van der Waals surface area contributed by atoms with Crippen LogP contribution in [0.4, 0.5) is 0 Å². The maximum Gasteiger partial charge on any atom is 0.0849 e.